The first-order valence-corrected chi connectivity index (χ1v) is 7.94. The van der Waals surface area contributed by atoms with Gasteiger partial charge in [0.1, 0.15) is 5.60 Å². The molecule has 1 rings (SSSR count). The lowest BCUT2D eigenvalue weighted by Crippen LogP contribution is -2.35. The predicted molar refractivity (Wildman–Crippen MR) is 90.1 cm³/mol. The van der Waals surface area contributed by atoms with Crippen LogP contribution >= 0.6 is 11.8 Å². The standard InChI is InChI=1S/C16H24N2O2S/c1-5-12-21-14-9-7-6-8-13(14)17-10-11-18-15(19)20-16(2,3)4/h5-9,17H,1,10-12H2,2-4H3,(H,18,19). The minimum Gasteiger partial charge on any atom is -0.444 e. The van der Waals surface area contributed by atoms with Crippen molar-refractivity contribution in [1.29, 1.82) is 0 Å². The van der Waals surface area contributed by atoms with Gasteiger partial charge in [0.05, 0.1) is 0 Å². The van der Waals surface area contributed by atoms with Gasteiger partial charge in [-0.25, -0.2) is 4.79 Å². The van der Waals surface area contributed by atoms with Crippen molar-refractivity contribution in [2.24, 2.45) is 0 Å². The number of thioether (sulfide) groups is 1. The Balaban J connectivity index is 2.36. The van der Waals surface area contributed by atoms with E-state index < -0.39 is 11.7 Å². The summed E-state index contributed by atoms with van der Waals surface area (Å²) >= 11 is 1.73. The summed E-state index contributed by atoms with van der Waals surface area (Å²) in [6.45, 7) is 10.4. The molecule has 4 nitrogen and oxygen atoms in total. The first kappa shape index (κ1) is 17.4. The molecule has 1 amide bonds. The summed E-state index contributed by atoms with van der Waals surface area (Å²) in [5, 5.41) is 6.04. The van der Waals surface area contributed by atoms with E-state index in [4.69, 9.17) is 4.74 Å². The van der Waals surface area contributed by atoms with Crippen molar-refractivity contribution in [3.63, 3.8) is 0 Å². The molecule has 0 saturated carbocycles. The van der Waals surface area contributed by atoms with E-state index in [1.165, 1.54) is 4.90 Å². The zero-order valence-electron chi connectivity index (χ0n) is 12.9. The van der Waals surface area contributed by atoms with Crippen molar-refractivity contribution in [2.45, 2.75) is 31.3 Å². The number of carbonyl (C=O) groups excluding carboxylic acids is 1. The number of nitrogens with one attached hydrogen (secondary N) is 2. The molecule has 0 aromatic heterocycles. The van der Waals surface area contributed by atoms with Crippen LogP contribution in [0.5, 0.6) is 0 Å². The van der Waals surface area contributed by atoms with Crippen LogP contribution in [0, 0.1) is 0 Å². The molecule has 0 fully saturated rings. The Labute approximate surface area is 131 Å². The lowest BCUT2D eigenvalue weighted by atomic mass is 10.2. The molecular formula is C16H24N2O2S. The van der Waals surface area contributed by atoms with Gasteiger partial charge in [0.25, 0.3) is 0 Å². The molecule has 1 aromatic rings. The molecule has 0 aliphatic rings. The van der Waals surface area contributed by atoms with Gasteiger partial charge < -0.3 is 15.4 Å². The van der Waals surface area contributed by atoms with Gasteiger partial charge in [-0.2, -0.15) is 0 Å². The quantitative estimate of drug-likeness (QED) is 0.456. The fourth-order valence-corrected chi connectivity index (χ4v) is 2.33. The van der Waals surface area contributed by atoms with E-state index in [2.05, 4.69) is 23.3 Å². The fraction of sp³-hybridized carbons (Fsp3) is 0.438. The average Bonchev–Trinajstić information content (AvgIpc) is 2.40. The Bertz CT molecular complexity index is 470. The zero-order valence-corrected chi connectivity index (χ0v) is 13.8. The third-order valence-corrected chi connectivity index (χ3v) is 3.42. The Kier molecular flexibility index (Phi) is 7.15. The largest absolute Gasteiger partial charge is 0.444 e. The lowest BCUT2D eigenvalue weighted by molar-refractivity contribution is 0.0530. The van der Waals surface area contributed by atoms with Gasteiger partial charge in [0.2, 0.25) is 0 Å². The molecule has 0 saturated heterocycles. The van der Waals surface area contributed by atoms with Crippen molar-refractivity contribution in [1.82, 2.24) is 5.32 Å². The Morgan fingerprint density at radius 1 is 1.33 bits per heavy atom. The van der Waals surface area contributed by atoms with Crippen LogP contribution in [-0.4, -0.2) is 30.5 Å². The first-order valence-electron chi connectivity index (χ1n) is 6.96. The second-order valence-electron chi connectivity index (χ2n) is 5.45. The van der Waals surface area contributed by atoms with Crippen LogP contribution in [0.4, 0.5) is 10.5 Å². The normalized spacial score (nSPS) is 10.8. The summed E-state index contributed by atoms with van der Waals surface area (Å²) in [6.07, 6.45) is 1.49. The van der Waals surface area contributed by atoms with Gasteiger partial charge in [0, 0.05) is 29.4 Å². The molecule has 0 atom stereocenters. The Hall–Kier alpha value is -1.62. The van der Waals surface area contributed by atoms with Gasteiger partial charge in [-0.05, 0) is 32.9 Å². The van der Waals surface area contributed by atoms with Crippen molar-refractivity contribution in [3.05, 3.63) is 36.9 Å². The van der Waals surface area contributed by atoms with Crippen LogP contribution in [0.3, 0.4) is 0 Å². The summed E-state index contributed by atoms with van der Waals surface area (Å²) in [5.41, 5.74) is 0.598. The van der Waals surface area contributed by atoms with E-state index in [1.54, 1.807) is 11.8 Å². The van der Waals surface area contributed by atoms with Crippen LogP contribution in [0.15, 0.2) is 41.8 Å². The molecule has 0 aliphatic heterocycles. The summed E-state index contributed by atoms with van der Waals surface area (Å²) in [4.78, 5) is 12.7. The second kappa shape index (κ2) is 8.62. The molecule has 0 heterocycles. The predicted octanol–water partition coefficient (Wildman–Crippen LogP) is 3.90. The number of ether oxygens (including phenoxy) is 1. The molecule has 5 heteroatoms. The molecular weight excluding hydrogens is 284 g/mol. The van der Waals surface area contributed by atoms with Crippen LogP contribution in [0.25, 0.3) is 0 Å². The summed E-state index contributed by atoms with van der Waals surface area (Å²) in [5.74, 6) is 0.870. The maximum absolute atomic E-state index is 11.5. The summed E-state index contributed by atoms with van der Waals surface area (Å²) in [7, 11) is 0. The molecule has 1 aromatic carbocycles. The van der Waals surface area contributed by atoms with Gasteiger partial charge >= 0.3 is 6.09 Å². The maximum Gasteiger partial charge on any atom is 0.407 e. The van der Waals surface area contributed by atoms with Gasteiger partial charge in [-0.3, -0.25) is 0 Å². The number of rotatable bonds is 7. The van der Waals surface area contributed by atoms with Crippen LogP contribution < -0.4 is 10.6 Å². The average molecular weight is 308 g/mol. The zero-order chi connectivity index (χ0) is 15.7. The van der Waals surface area contributed by atoms with E-state index in [0.29, 0.717) is 13.1 Å². The van der Waals surface area contributed by atoms with Crippen molar-refractivity contribution < 1.29 is 9.53 Å². The van der Waals surface area contributed by atoms with Crippen molar-refractivity contribution in [3.8, 4) is 0 Å². The smallest absolute Gasteiger partial charge is 0.407 e. The fourth-order valence-electron chi connectivity index (χ4n) is 1.56. The van der Waals surface area contributed by atoms with E-state index >= 15 is 0 Å². The van der Waals surface area contributed by atoms with E-state index in [9.17, 15) is 4.79 Å². The molecule has 21 heavy (non-hydrogen) atoms. The van der Waals surface area contributed by atoms with Gasteiger partial charge in [-0.15, -0.1) is 18.3 Å². The highest BCUT2D eigenvalue weighted by molar-refractivity contribution is 7.99. The monoisotopic (exact) mass is 308 g/mol. The highest BCUT2D eigenvalue weighted by atomic mass is 32.2. The number of benzene rings is 1. The first-order chi connectivity index (χ1) is 9.92. The van der Waals surface area contributed by atoms with Gasteiger partial charge in [0.15, 0.2) is 0 Å². The number of carbonyl (C=O) groups is 1. The maximum atomic E-state index is 11.5. The highest BCUT2D eigenvalue weighted by Crippen LogP contribution is 2.26. The molecule has 0 radical (unpaired) electrons. The van der Waals surface area contributed by atoms with Crippen LogP contribution in [-0.2, 0) is 4.74 Å². The molecule has 2 N–H and O–H groups in total. The van der Waals surface area contributed by atoms with E-state index in [-0.39, 0.29) is 0 Å². The Morgan fingerprint density at radius 3 is 2.71 bits per heavy atom. The number of amides is 1. The second-order valence-corrected chi connectivity index (χ2v) is 6.51. The van der Waals surface area contributed by atoms with Crippen molar-refractivity contribution >= 4 is 23.5 Å². The minimum atomic E-state index is -0.467. The highest BCUT2D eigenvalue weighted by Gasteiger charge is 2.15. The van der Waals surface area contributed by atoms with E-state index in [0.717, 1.165) is 11.4 Å². The molecule has 0 spiro atoms. The van der Waals surface area contributed by atoms with Crippen molar-refractivity contribution in [2.75, 3.05) is 24.2 Å². The Morgan fingerprint density at radius 2 is 2.05 bits per heavy atom. The number of alkyl carbamates (subject to hydrolysis) is 1. The number of hydrogen-bond donors (Lipinski definition) is 2. The molecule has 0 bridgehead atoms. The van der Waals surface area contributed by atoms with E-state index in [1.807, 2.05) is 45.0 Å². The third-order valence-electron chi connectivity index (χ3n) is 2.35. The lowest BCUT2D eigenvalue weighted by Gasteiger charge is -2.19. The van der Waals surface area contributed by atoms with Crippen LogP contribution in [0.2, 0.25) is 0 Å². The number of para-hydroxylation sites is 1. The topological polar surface area (TPSA) is 50.4 Å². The number of hydrogen-bond acceptors (Lipinski definition) is 4. The number of anilines is 1. The molecule has 0 aliphatic carbocycles. The summed E-state index contributed by atoms with van der Waals surface area (Å²) < 4.78 is 5.17. The molecule has 116 valence electrons. The van der Waals surface area contributed by atoms with Crippen LogP contribution in [0.1, 0.15) is 20.8 Å². The SMILES string of the molecule is C=CCSc1ccccc1NCCNC(=O)OC(C)(C)C. The third kappa shape index (κ3) is 7.66. The molecule has 0 unspecified atom stereocenters. The minimum absolute atomic E-state index is 0.390. The summed E-state index contributed by atoms with van der Waals surface area (Å²) in [6, 6.07) is 8.09. The van der Waals surface area contributed by atoms with Gasteiger partial charge in [-0.1, -0.05) is 18.2 Å².